The van der Waals surface area contributed by atoms with Crippen molar-refractivity contribution in [3.63, 3.8) is 0 Å². The number of benzene rings is 5. The number of fused-ring (bicyclic) bond motifs is 3. The normalized spacial score (nSPS) is 14.2. The summed E-state index contributed by atoms with van der Waals surface area (Å²) in [5.41, 5.74) is 8.96. The second kappa shape index (κ2) is 15.5. The summed E-state index contributed by atoms with van der Waals surface area (Å²) in [7, 11) is 0. The quantitative estimate of drug-likeness (QED) is 0.162. The van der Waals surface area contributed by atoms with Crippen molar-refractivity contribution in [2.75, 3.05) is 0 Å². The summed E-state index contributed by atoms with van der Waals surface area (Å²) in [5, 5.41) is 2.13. The van der Waals surface area contributed by atoms with E-state index in [0.29, 0.717) is 27.9 Å². The number of aryl methyl sites for hydroxylation is 2. The van der Waals surface area contributed by atoms with Gasteiger partial charge in [-0.05, 0) is 75.9 Å². The van der Waals surface area contributed by atoms with Crippen molar-refractivity contribution in [1.29, 1.82) is 0 Å². The molecule has 52 heavy (non-hydrogen) atoms. The van der Waals surface area contributed by atoms with Crippen LogP contribution in [0.1, 0.15) is 54.0 Å². The number of rotatable bonds is 5. The van der Waals surface area contributed by atoms with Crippen LogP contribution in [0.2, 0.25) is 0 Å². The molecule has 0 spiro atoms. The van der Waals surface area contributed by atoms with Crippen molar-refractivity contribution in [1.82, 2.24) is 9.97 Å². The van der Waals surface area contributed by atoms with Crippen LogP contribution in [-0.4, -0.2) is 9.97 Å². The van der Waals surface area contributed by atoms with E-state index in [-0.39, 0.29) is 31.2 Å². The molecule has 0 saturated carbocycles. The maximum Gasteiger partial charge on any atom is 0.120 e. The Kier molecular flexibility index (Phi) is 8.18. The fourth-order valence-electron chi connectivity index (χ4n) is 6.10. The summed E-state index contributed by atoms with van der Waals surface area (Å²) in [6.07, 6.45) is 1.70. The van der Waals surface area contributed by atoms with Crippen LogP contribution < -0.4 is 0 Å². The summed E-state index contributed by atoms with van der Waals surface area (Å²) in [6.45, 7) is 5.24. The van der Waals surface area contributed by atoms with Crippen molar-refractivity contribution in [3.05, 3.63) is 175 Å². The summed E-state index contributed by atoms with van der Waals surface area (Å²) in [4.78, 5) is 8.86. The summed E-state index contributed by atoms with van der Waals surface area (Å²) in [5.74, 6) is 0. The number of hydrogen-bond donors (Lipinski definition) is 0. The summed E-state index contributed by atoms with van der Waals surface area (Å²) in [6, 6.07) is 42.7. The van der Waals surface area contributed by atoms with Crippen LogP contribution in [0.5, 0.6) is 0 Å². The topological polar surface area (TPSA) is 38.9 Å². The van der Waals surface area contributed by atoms with Crippen molar-refractivity contribution in [3.8, 4) is 44.8 Å². The van der Waals surface area contributed by atoms with Gasteiger partial charge in [0, 0.05) is 54.5 Å². The molecule has 0 aliphatic rings. The van der Waals surface area contributed by atoms with Gasteiger partial charge in [-0.3, -0.25) is 4.98 Å². The van der Waals surface area contributed by atoms with Crippen LogP contribution in [0, 0.1) is 32.1 Å². The molecule has 261 valence electrons. The Morgan fingerprint density at radius 3 is 2.25 bits per heavy atom. The molecule has 0 bridgehead atoms. The van der Waals surface area contributed by atoms with Crippen LogP contribution >= 0.6 is 0 Å². The molecule has 3 aromatic heterocycles. The fraction of sp³-hybridized carbons (Fsp3) is 0.146. The average molecular weight is 863 g/mol. The van der Waals surface area contributed by atoms with Crippen molar-refractivity contribution in [2.45, 2.75) is 40.8 Å². The number of pyridine rings is 2. The first-order chi connectivity index (χ1) is 27.8. The minimum absolute atomic E-state index is 0. The van der Waals surface area contributed by atoms with E-state index >= 15 is 0 Å². The Hall–Kier alpha value is -5.28. The zero-order valence-corrected chi connectivity index (χ0v) is 31.5. The van der Waals surface area contributed by atoms with Gasteiger partial charge in [0.1, 0.15) is 5.58 Å². The molecule has 0 atom stereocenters. The molecule has 3 nitrogen and oxygen atoms in total. The Labute approximate surface area is 332 Å². The Bertz CT molecular complexity index is 2750. The van der Waals surface area contributed by atoms with E-state index in [4.69, 9.17) is 15.4 Å². The molecule has 0 aliphatic heterocycles. The Morgan fingerprint density at radius 2 is 1.52 bits per heavy atom. The van der Waals surface area contributed by atoms with Crippen LogP contribution in [0.25, 0.3) is 66.7 Å². The van der Waals surface area contributed by atoms with Gasteiger partial charge in [-0.1, -0.05) is 129 Å². The predicted molar refractivity (Wildman–Crippen MR) is 213 cm³/mol. The largest absolute Gasteiger partial charge is 0.501 e. The van der Waals surface area contributed by atoms with Gasteiger partial charge < -0.3 is 9.40 Å². The minimum atomic E-state index is -2.28. The van der Waals surface area contributed by atoms with Gasteiger partial charge in [0.25, 0.3) is 0 Å². The third kappa shape index (κ3) is 8.10. The third-order valence-corrected chi connectivity index (χ3v) is 8.46. The molecule has 8 aromatic rings. The molecule has 0 amide bonds. The third-order valence-electron chi connectivity index (χ3n) is 8.46. The maximum absolute atomic E-state index is 8.51. The van der Waals surface area contributed by atoms with Gasteiger partial charge in [0.2, 0.25) is 0 Å². The summed E-state index contributed by atoms with van der Waals surface area (Å²) >= 11 is 0. The molecule has 0 fully saturated rings. The van der Waals surface area contributed by atoms with E-state index in [1.165, 1.54) is 12.3 Å². The van der Waals surface area contributed by atoms with Gasteiger partial charge in [-0.2, -0.15) is 18.6 Å². The van der Waals surface area contributed by atoms with E-state index in [9.17, 15) is 0 Å². The van der Waals surface area contributed by atoms with E-state index in [1.54, 1.807) is 24.4 Å². The first-order valence-corrected chi connectivity index (χ1v) is 16.7. The molecule has 5 aromatic carbocycles. The maximum atomic E-state index is 8.51. The molecule has 8 rings (SSSR count). The monoisotopic (exact) mass is 863 g/mol. The molecule has 0 aliphatic carbocycles. The molecular weight excluding hydrogens is 813 g/mol. The molecule has 0 saturated heterocycles. The second-order valence-electron chi connectivity index (χ2n) is 13.4. The van der Waals surface area contributed by atoms with E-state index in [1.807, 2.05) is 118 Å². The van der Waals surface area contributed by atoms with Gasteiger partial charge >= 0.3 is 0 Å². The zero-order valence-electron chi connectivity index (χ0n) is 37.1. The van der Waals surface area contributed by atoms with Gasteiger partial charge in [-0.15, -0.1) is 29.8 Å². The molecule has 1 radical (unpaired) electrons. The van der Waals surface area contributed by atoms with E-state index < -0.39 is 25.5 Å². The number of aromatic nitrogens is 2. The molecule has 0 unspecified atom stereocenters. The first-order valence-electron chi connectivity index (χ1n) is 20.7. The number of furan rings is 1. The van der Waals surface area contributed by atoms with Crippen LogP contribution in [-0.2, 0) is 26.5 Å². The van der Waals surface area contributed by atoms with E-state index in [2.05, 4.69) is 29.0 Å². The Balaban J connectivity index is 0.000000201. The number of nitrogens with zero attached hydrogens (tertiary/aromatic N) is 2. The van der Waals surface area contributed by atoms with Crippen molar-refractivity contribution < 1.29 is 35.5 Å². The molecule has 0 N–H and O–H groups in total. The van der Waals surface area contributed by atoms with E-state index in [0.717, 1.165) is 49.9 Å². The molecule has 3 heterocycles. The minimum Gasteiger partial charge on any atom is -0.501 e. The molecular formula is C48H42IrN2O-2. The standard InChI is InChI=1S/C28H24NO.C20H18N.Ir/c1-28(2,3)18-19-11-13-20(14-12-19)21-15-16-29-25(17-21)24-9-6-8-23-22-7-4-5-10-26(22)30-27(23)24;1-14-9-10-20(21-13-14)19-12-18(15(2)11-16(19)3)17-7-5-4-6-8-17;/h4-8,10-17H,18H2,1-3H3;4-13H,3H2,1-2H3;/q2*-1;/i18D2;1D3,2D3;. The first kappa shape index (κ1) is 27.4. The van der Waals surface area contributed by atoms with Crippen molar-refractivity contribution >= 4 is 21.9 Å². The average Bonchev–Trinajstić information content (AvgIpc) is 3.59. The smallest absolute Gasteiger partial charge is 0.120 e. The van der Waals surface area contributed by atoms with Crippen molar-refractivity contribution in [2.24, 2.45) is 5.41 Å². The fourth-order valence-corrected chi connectivity index (χ4v) is 6.10. The Morgan fingerprint density at radius 1 is 0.731 bits per heavy atom. The zero-order chi connectivity index (χ0) is 42.3. The van der Waals surface area contributed by atoms with Gasteiger partial charge in [0.15, 0.2) is 0 Å². The van der Waals surface area contributed by atoms with Gasteiger partial charge in [-0.25, -0.2) is 0 Å². The van der Waals surface area contributed by atoms with Crippen LogP contribution in [0.3, 0.4) is 0 Å². The van der Waals surface area contributed by atoms with Crippen LogP contribution in [0.15, 0.2) is 144 Å². The number of hydrogen-bond acceptors (Lipinski definition) is 3. The number of para-hydroxylation sites is 1. The predicted octanol–water partition coefficient (Wildman–Crippen LogP) is 12.9. The van der Waals surface area contributed by atoms with Crippen LogP contribution in [0.4, 0.5) is 0 Å². The molecule has 4 heteroatoms. The SMILES string of the molecule is [2H]C([2H])([2H])c1ccc(-c2cc(-c3ccccc3)c(C([2H])([2H])[2H])cc2[CH2-])nc1.[2H]C([2H])(c1ccc(-c2ccnc(-c3[c-]ccc4c3oc3ccccc34)c2)cc1)C(C)(C)C.[Ir]. The second-order valence-corrected chi connectivity index (χ2v) is 13.4. The summed E-state index contributed by atoms with van der Waals surface area (Å²) < 4.78 is 69.1. The van der Waals surface area contributed by atoms with Gasteiger partial charge in [0.05, 0.1) is 5.58 Å².